The summed E-state index contributed by atoms with van der Waals surface area (Å²) in [6.07, 6.45) is 3.35. The summed E-state index contributed by atoms with van der Waals surface area (Å²) in [5.41, 5.74) is 6.89. The van der Waals surface area contributed by atoms with Gasteiger partial charge in [0.25, 0.3) is 0 Å². The van der Waals surface area contributed by atoms with Gasteiger partial charge in [0.05, 0.1) is 11.1 Å². The molecule has 1 aromatic rings. The largest absolute Gasteiger partial charge is 0.490 e. The molecular weight excluding hydrogens is 306 g/mol. The number of hydrogen-bond donors (Lipinski definition) is 1. The molecular formula is C15H24BrNO2. The Hall–Kier alpha value is -0.580. The normalized spacial score (nSPS) is 12.4. The standard InChI is InChI=1S/C15H24BrNO2/c1-12(7-8-17)3-4-13-5-6-15(14(16)11-13)19-10-9-18-2/h5-6,11-12H,3-4,7-10,17H2,1-2H3. The van der Waals surface area contributed by atoms with Crippen molar-refractivity contribution in [3.63, 3.8) is 0 Å². The van der Waals surface area contributed by atoms with Crippen LogP contribution >= 0.6 is 15.9 Å². The number of nitrogens with two attached hydrogens (primary N) is 1. The average Bonchev–Trinajstić information content (AvgIpc) is 2.39. The molecule has 0 aliphatic rings. The highest BCUT2D eigenvalue weighted by molar-refractivity contribution is 9.10. The van der Waals surface area contributed by atoms with E-state index in [-0.39, 0.29) is 0 Å². The second-order valence-corrected chi connectivity index (χ2v) is 5.68. The lowest BCUT2D eigenvalue weighted by atomic mass is 9.98. The van der Waals surface area contributed by atoms with Gasteiger partial charge in [-0.05, 0) is 65.4 Å². The van der Waals surface area contributed by atoms with Crippen LogP contribution in [-0.4, -0.2) is 26.9 Å². The van der Waals surface area contributed by atoms with Crippen molar-refractivity contribution in [1.29, 1.82) is 0 Å². The highest BCUT2D eigenvalue weighted by Crippen LogP contribution is 2.27. The summed E-state index contributed by atoms with van der Waals surface area (Å²) >= 11 is 3.55. The van der Waals surface area contributed by atoms with Gasteiger partial charge in [-0.1, -0.05) is 13.0 Å². The predicted octanol–water partition coefficient (Wildman–Crippen LogP) is 3.39. The van der Waals surface area contributed by atoms with Gasteiger partial charge in [0.15, 0.2) is 0 Å². The van der Waals surface area contributed by atoms with Crippen LogP contribution in [0.15, 0.2) is 22.7 Å². The molecule has 0 saturated heterocycles. The van der Waals surface area contributed by atoms with E-state index in [0.29, 0.717) is 19.1 Å². The third-order valence-corrected chi connectivity index (χ3v) is 3.75. The molecule has 0 fully saturated rings. The van der Waals surface area contributed by atoms with Crippen LogP contribution in [0.2, 0.25) is 0 Å². The van der Waals surface area contributed by atoms with E-state index in [4.69, 9.17) is 15.2 Å². The average molecular weight is 330 g/mol. The van der Waals surface area contributed by atoms with Crippen molar-refractivity contribution in [2.75, 3.05) is 26.9 Å². The molecule has 0 spiro atoms. The lowest BCUT2D eigenvalue weighted by molar-refractivity contribution is 0.146. The third kappa shape index (κ3) is 6.41. The Morgan fingerprint density at radius 1 is 1.26 bits per heavy atom. The minimum Gasteiger partial charge on any atom is -0.490 e. The highest BCUT2D eigenvalue weighted by Gasteiger charge is 2.05. The Kier molecular flexibility index (Phi) is 8.10. The van der Waals surface area contributed by atoms with E-state index in [2.05, 4.69) is 35.0 Å². The fraction of sp³-hybridized carbons (Fsp3) is 0.600. The van der Waals surface area contributed by atoms with E-state index in [1.807, 2.05) is 6.07 Å². The minimum atomic E-state index is 0.571. The lowest BCUT2D eigenvalue weighted by Gasteiger charge is -2.12. The van der Waals surface area contributed by atoms with Gasteiger partial charge in [0, 0.05) is 7.11 Å². The van der Waals surface area contributed by atoms with Crippen molar-refractivity contribution in [3.8, 4) is 5.75 Å². The highest BCUT2D eigenvalue weighted by atomic mass is 79.9. The number of aryl methyl sites for hydroxylation is 1. The molecule has 3 nitrogen and oxygen atoms in total. The Morgan fingerprint density at radius 3 is 2.68 bits per heavy atom. The predicted molar refractivity (Wildman–Crippen MR) is 82.7 cm³/mol. The van der Waals surface area contributed by atoms with Gasteiger partial charge in [-0.15, -0.1) is 0 Å². The van der Waals surface area contributed by atoms with Gasteiger partial charge in [0.2, 0.25) is 0 Å². The van der Waals surface area contributed by atoms with Crippen LogP contribution in [0.5, 0.6) is 5.75 Å². The van der Waals surface area contributed by atoms with Gasteiger partial charge in [-0.25, -0.2) is 0 Å². The van der Waals surface area contributed by atoms with Crippen LogP contribution in [-0.2, 0) is 11.2 Å². The van der Waals surface area contributed by atoms with Crippen LogP contribution in [0.25, 0.3) is 0 Å². The monoisotopic (exact) mass is 329 g/mol. The molecule has 0 aliphatic heterocycles. The van der Waals surface area contributed by atoms with Crippen molar-refractivity contribution in [3.05, 3.63) is 28.2 Å². The van der Waals surface area contributed by atoms with E-state index in [9.17, 15) is 0 Å². The Morgan fingerprint density at radius 2 is 2.05 bits per heavy atom. The maximum Gasteiger partial charge on any atom is 0.133 e. The van der Waals surface area contributed by atoms with Gasteiger partial charge in [0.1, 0.15) is 12.4 Å². The first kappa shape index (κ1) is 16.5. The first-order chi connectivity index (χ1) is 9.17. The first-order valence-electron chi connectivity index (χ1n) is 6.77. The molecule has 0 bridgehead atoms. The number of hydrogen-bond acceptors (Lipinski definition) is 3. The summed E-state index contributed by atoms with van der Waals surface area (Å²) in [5.74, 6) is 1.55. The molecule has 0 aliphatic carbocycles. The Labute approximate surface area is 124 Å². The van der Waals surface area contributed by atoms with Crippen molar-refractivity contribution < 1.29 is 9.47 Å². The molecule has 1 aromatic carbocycles. The topological polar surface area (TPSA) is 44.5 Å². The van der Waals surface area contributed by atoms with Crippen molar-refractivity contribution in [1.82, 2.24) is 0 Å². The zero-order valence-corrected chi connectivity index (χ0v) is 13.4. The second-order valence-electron chi connectivity index (χ2n) is 4.83. The maximum absolute atomic E-state index is 5.61. The van der Waals surface area contributed by atoms with Gasteiger partial charge in [-0.2, -0.15) is 0 Å². The zero-order valence-electron chi connectivity index (χ0n) is 11.8. The lowest BCUT2D eigenvalue weighted by Crippen LogP contribution is -2.07. The van der Waals surface area contributed by atoms with Gasteiger partial charge >= 0.3 is 0 Å². The van der Waals surface area contributed by atoms with Crippen LogP contribution in [0.4, 0.5) is 0 Å². The molecule has 1 unspecified atom stereocenters. The van der Waals surface area contributed by atoms with Crippen LogP contribution in [0.3, 0.4) is 0 Å². The van der Waals surface area contributed by atoms with Crippen molar-refractivity contribution in [2.45, 2.75) is 26.2 Å². The minimum absolute atomic E-state index is 0.571. The smallest absolute Gasteiger partial charge is 0.133 e. The molecule has 19 heavy (non-hydrogen) atoms. The van der Waals surface area contributed by atoms with Crippen LogP contribution < -0.4 is 10.5 Å². The summed E-state index contributed by atoms with van der Waals surface area (Å²) < 4.78 is 11.6. The number of halogens is 1. The van der Waals surface area contributed by atoms with E-state index >= 15 is 0 Å². The Balaban J connectivity index is 2.46. The van der Waals surface area contributed by atoms with Gasteiger partial charge < -0.3 is 15.2 Å². The van der Waals surface area contributed by atoms with Crippen LogP contribution in [0, 0.1) is 5.92 Å². The summed E-state index contributed by atoms with van der Waals surface area (Å²) in [7, 11) is 1.67. The molecule has 4 heteroatoms. The van der Waals surface area contributed by atoms with E-state index in [1.54, 1.807) is 7.11 Å². The first-order valence-corrected chi connectivity index (χ1v) is 7.57. The molecule has 108 valence electrons. The number of rotatable bonds is 9. The molecule has 1 atom stereocenters. The molecule has 0 saturated carbocycles. The van der Waals surface area contributed by atoms with Gasteiger partial charge in [-0.3, -0.25) is 0 Å². The number of methoxy groups -OCH3 is 1. The third-order valence-electron chi connectivity index (χ3n) is 3.13. The summed E-state index contributed by atoms with van der Waals surface area (Å²) in [6, 6.07) is 6.28. The molecule has 0 radical (unpaired) electrons. The zero-order chi connectivity index (χ0) is 14.1. The van der Waals surface area contributed by atoms with Crippen molar-refractivity contribution in [2.24, 2.45) is 11.7 Å². The molecule has 0 aromatic heterocycles. The molecule has 2 N–H and O–H groups in total. The summed E-state index contributed by atoms with van der Waals surface area (Å²) in [5, 5.41) is 0. The summed E-state index contributed by atoms with van der Waals surface area (Å²) in [6.45, 7) is 4.20. The Bertz CT molecular complexity index is 371. The second kappa shape index (κ2) is 9.34. The number of benzene rings is 1. The maximum atomic E-state index is 5.61. The SMILES string of the molecule is COCCOc1ccc(CCC(C)CCN)cc1Br. The molecule has 0 heterocycles. The van der Waals surface area contributed by atoms with Crippen molar-refractivity contribution >= 4 is 15.9 Å². The van der Waals surface area contributed by atoms with E-state index < -0.39 is 0 Å². The van der Waals surface area contributed by atoms with E-state index in [1.165, 1.54) is 12.0 Å². The fourth-order valence-electron chi connectivity index (χ4n) is 1.89. The molecule has 1 rings (SSSR count). The fourth-order valence-corrected chi connectivity index (χ4v) is 2.43. The summed E-state index contributed by atoms with van der Waals surface area (Å²) in [4.78, 5) is 0. The number of ether oxygens (including phenoxy) is 2. The quantitative estimate of drug-likeness (QED) is 0.706. The van der Waals surface area contributed by atoms with E-state index in [0.717, 1.165) is 29.6 Å². The molecule has 0 amide bonds. The van der Waals surface area contributed by atoms with Crippen LogP contribution in [0.1, 0.15) is 25.3 Å².